The molecule has 2 saturated heterocycles. The number of aliphatic hydroxyl groups is 3. The molecule has 4 heterocycles. The summed E-state index contributed by atoms with van der Waals surface area (Å²) in [4.78, 5) is 41.8. The van der Waals surface area contributed by atoms with Gasteiger partial charge in [0.05, 0.1) is 25.9 Å². The van der Waals surface area contributed by atoms with Crippen LogP contribution in [0.2, 0.25) is 0 Å². The Labute approximate surface area is 258 Å². The average Bonchev–Trinajstić information content (AvgIpc) is 3.72. The van der Waals surface area contributed by atoms with Crippen molar-refractivity contribution < 1.29 is 47.7 Å². The SMILES string of the molecule is O=C1CCN(c2nc(NCC(c3ccccc3)c3ccccc3)c3ncn([C@@H]4O[C@H](CO)[C@@H](O)[C@H]4O)c3n2)N1OC(=O)C(F)(F)F. The van der Waals surface area contributed by atoms with Gasteiger partial charge in [0, 0.05) is 12.5 Å². The standard InChI is InChI=1S/C29H28F3N7O7/c30-29(31,32)27(44)46-39-20(41)11-12-38(39)28-35-24(33-13-18(16-7-3-1-4-8-16)17-9-5-2-6-10-17)21-25(36-28)37(15-34-21)26-23(43)22(42)19(14-40)45-26/h1-10,15,18-19,22-23,26,40,42-43H,11-14H2,(H,33,35,36)/t19-,22-,23-,26-/m1/s1. The molecule has 0 spiro atoms. The topological polar surface area (TPSA) is 175 Å². The lowest BCUT2D eigenvalue weighted by Crippen LogP contribution is -2.44. The monoisotopic (exact) mass is 643 g/mol. The number of fused-ring (bicyclic) bond motifs is 1. The first-order valence-corrected chi connectivity index (χ1v) is 14.2. The minimum atomic E-state index is -5.38. The molecule has 0 aliphatic carbocycles. The number of aromatic nitrogens is 4. The van der Waals surface area contributed by atoms with E-state index >= 15 is 0 Å². The molecule has 17 heteroatoms. The fraction of sp³-hybridized carbons (Fsp3) is 0.345. The van der Waals surface area contributed by atoms with Gasteiger partial charge < -0.3 is 30.2 Å². The van der Waals surface area contributed by atoms with Crippen LogP contribution in [0.25, 0.3) is 11.2 Å². The van der Waals surface area contributed by atoms with E-state index in [4.69, 9.17) is 4.74 Å². The number of benzene rings is 2. The fourth-order valence-corrected chi connectivity index (χ4v) is 5.37. The van der Waals surface area contributed by atoms with E-state index in [2.05, 4.69) is 25.1 Å². The number of hydrogen-bond acceptors (Lipinski definition) is 12. The maximum atomic E-state index is 13.0. The summed E-state index contributed by atoms with van der Waals surface area (Å²) in [5, 5.41) is 34.9. The lowest BCUT2D eigenvalue weighted by Gasteiger charge is -2.26. The molecule has 46 heavy (non-hydrogen) atoms. The van der Waals surface area contributed by atoms with Gasteiger partial charge in [0.2, 0.25) is 0 Å². The number of hydrogen-bond donors (Lipinski definition) is 4. The summed E-state index contributed by atoms with van der Waals surface area (Å²) in [5.41, 5.74) is 2.10. The molecular formula is C29H28F3N7O7. The van der Waals surface area contributed by atoms with E-state index in [0.29, 0.717) is 0 Å². The number of nitrogens with zero attached hydrogens (tertiary/aromatic N) is 6. The highest BCUT2D eigenvalue weighted by Gasteiger charge is 2.47. The molecule has 2 aromatic heterocycles. The van der Waals surface area contributed by atoms with Crippen LogP contribution < -0.4 is 10.3 Å². The van der Waals surface area contributed by atoms with Crippen molar-refractivity contribution in [2.75, 3.05) is 30.0 Å². The van der Waals surface area contributed by atoms with Crippen molar-refractivity contribution in [3.63, 3.8) is 0 Å². The Morgan fingerprint density at radius 3 is 2.28 bits per heavy atom. The van der Waals surface area contributed by atoms with Crippen molar-refractivity contribution in [1.82, 2.24) is 24.7 Å². The first-order valence-electron chi connectivity index (χ1n) is 14.2. The molecular weight excluding hydrogens is 615 g/mol. The summed E-state index contributed by atoms with van der Waals surface area (Å²) in [7, 11) is 0. The number of alkyl halides is 3. The van der Waals surface area contributed by atoms with E-state index in [1.807, 2.05) is 60.7 Å². The maximum absolute atomic E-state index is 13.0. The molecule has 0 radical (unpaired) electrons. The van der Waals surface area contributed by atoms with Crippen LogP contribution in [0.4, 0.5) is 24.9 Å². The van der Waals surface area contributed by atoms with Gasteiger partial charge in [-0.1, -0.05) is 65.8 Å². The van der Waals surface area contributed by atoms with Crippen LogP contribution >= 0.6 is 0 Å². The molecule has 1 amide bonds. The summed E-state index contributed by atoms with van der Waals surface area (Å²) < 4.78 is 46.0. The van der Waals surface area contributed by atoms with Crippen molar-refractivity contribution in [2.24, 2.45) is 0 Å². The number of anilines is 2. The Bertz CT molecular complexity index is 1670. The number of ether oxygens (including phenoxy) is 1. The van der Waals surface area contributed by atoms with E-state index in [1.165, 1.54) is 10.9 Å². The quantitative estimate of drug-likeness (QED) is 0.208. The van der Waals surface area contributed by atoms with Crippen LogP contribution in [0.15, 0.2) is 67.0 Å². The van der Waals surface area contributed by atoms with E-state index in [9.17, 15) is 38.1 Å². The fourth-order valence-electron chi connectivity index (χ4n) is 5.37. The highest BCUT2D eigenvalue weighted by atomic mass is 19.4. The molecule has 2 aromatic carbocycles. The second-order valence-electron chi connectivity index (χ2n) is 10.6. The Hall–Kier alpha value is -4.84. The number of hydrazine groups is 1. The van der Waals surface area contributed by atoms with Crippen LogP contribution in [0.3, 0.4) is 0 Å². The number of rotatable bonds is 9. The summed E-state index contributed by atoms with van der Waals surface area (Å²) >= 11 is 0. The van der Waals surface area contributed by atoms with E-state index in [1.54, 1.807) is 0 Å². The van der Waals surface area contributed by atoms with Gasteiger partial charge in [-0.3, -0.25) is 9.36 Å². The van der Waals surface area contributed by atoms with Crippen molar-refractivity contribution in [3.8, 4) is 0 Å². The van der Waals surface area contributed by atoms with Gasteiger partial charge in [-0.25, -0.2) is 14.8 Å². The first kappa shape index (κ1) is 31.2. The van der Waals surface area contributed by atoms with Crippen molar-refractivity contribution in [1.29, 1.82) is 0 Å². The van der Waals surface area contributed by atoms with Crippen molar-refractivity contribution in [2.45, 2.75) is 43.1 Å². The zero-order valence-electron chi connectivity index (χ0n) is 23.9. The number of aliphatic hydroxyl groups excluding tert-OH is 3. The third kappa shape index (κ3) is 5.92. The number of hydroxylamine groups is 1. The van der Waals surface area contributed by atoms with Crippen LogP contribution in [0.1, 0.15) is 29.7 Å². The molecule has 0 bridgehead atoms. The molecule has 14 nitrogen and oxygen atoms in total. The molecule has 2 aliphatic rings. The Morgan fingerprint density at radius 1 is 1.04 bits per heavy atom. The molecule has 0 saturated carbocycles. The van der Waals surface area contributed by atoms with Gasteiger partial charge in [0.15, 0.2) is 23.2 Å². The average molecular weight is 644 g/mol. The van der Waals surface area contributed by atoms with Gasteiger partial charge >= 0.3 is 12.1 Å². The highest BCUT2D eigenvalue weighted by Crippen LogP contribution is 2.35. The van der Waals surface area contributed by atoms with Crippen LogP contribution in [0, 0.1) is 0 Å². The maximum Gasteiger partial charge on any atom is 0.493 e. The second kappa shape index (κ2) is 12.5. The normalized spacial score (nSPS) is 21.8. The van der Waals surface area contributed by atoms with Crippen LogP contribution in [-0.4, -0.2) is 96.1 Å². The Balaban J connectivity index is 1.41. The first-order chi connectivity index (χ1) is 22.1. The summed E-state index contributed by atoms with van der Waals surface area (Å²) in [5.74, 6) is -3.99. The van der Waals surface area contributed by atoms with Crippen LogP contribution in [-0.2, 0) is 19.2 Å². The van der Waals surface area contributed by atoms with Gasteiger partial charge in [0.25, 0.3) is 11.9 Å². The smallest absolute Gasteiger partial charge is 0.394 e. The molecule has 6 rings (SSSR count). The van der Waals surface area contributed by atoms with Gasteiger partial charge in [-0.15, -0.1) is 0 Å². The van der Waals surface area contributed by atoms with E-state index in [-0.39, 0.29) is 53.5 Å². The molecule has 4 N–H and O–H groups in total. The van der Waals surface area contributed by atoms with Gasteiger partial charge in [0.1, 0.15) is 18.3 Å². The molecule has 2 fully saturated rings. The van der Waals surface area contributed by atoms with E-state index in [0.717, 1.165) is 16.1 Å². The minimum absolute atomic E-state index is 0.000223. The second-order valence-corrected chi connectivity index (χ2v) is 10.6. The summed E-state index contributed by atoms with van der Waals surface area (Å²) in [6, 6.07) is 19.2. The summed E-state index contributed by atoms with van der Waals surface area (Å²) in [6.45, 7) is -0.566. The summed E-state index contributed by atoms with van der Waals surface area (Å²) in [6.07, 6.45) is -9.78. The zero-order chi connectivity index (χ0) is 32.6. The highest BCUT2D eigenvalue weighted by molar-refractivity contribution is 5.86. The number of imidazole rings is 1. The van der Waals surface area contributed by atoms with E-state index < -0.39 is 49.2 Å². The number of nitrogens with one attached hydrogen (secondary N) is 1. The van der Waals surface area contributed by atoms with Crippen LogP contribution in [0.5, 0.6) is 0 Å². The number of carbonyl (C=O) groups is 2. The number of amides is 1. The Morgan fingerprint density at radius 2 is 1.70 bits per heavy atom. The van der Waals surface area contributed by atoms with Gasteiger partial charge in [-0.05, 0) is 11.1 Å². The number of halogens is 3. The third-order valence-corrected chi connectivity index (χ3v) is 7.68. The lowest BCUT2D eigenvalue weighted by molar-refractivity contribution is -0.235. The predicted octanol–water partition coefficient (Wildman–Crippen LogP) is 1.66. The lowest BCUT2D eigenvalue weighted by atomic mass is 9.91. The molecule has 4 aromatic rings. The van der Waals surface area contributed by atoms with Crippen molar-refractivity contribution in [3.05, 3.63) is 78.1 Å². The largest absolute Gasteiger partial charge is 0.493 e. The molecule has 242 valence electrons. The third-order valence-electron chi connectivity index (χ3n) is 7.68. The van der Waals surface area contributed by atoms with Gasteiger partial charge in [-0.2, -0.15) is 23.1 Å². The minimum Gasteiger partial charge on any atom is -0.394 e. The molecule has 4 atom stereocenters. The molecule has 0 unspecified atom stereocenters. The molecule has 2 aliphatic heterocycles. The predicted molar refractivity (Wildman–Crippen MR) is 153 cm³/mol. The van der Waals surface area contributed by atoms with Crippen molar-refractivity contribution >= 4 is 34.8 Å². The Kier molecular flexibility index (Phi) is 8.47. The zero-order valence-corrected chi connectivity index (χ0v) is 23.9. The number of carbonyl (C=O) groups excluding carboxylic acids is 2.